The van der Waals surface area contributed by atoms with Crippen molar-refractivity contribution in [2.24, 2.45) is 0 Å². The molecule has 0 heterocycles. The number of hydrogen-bond donors (Lipinski definition) is 1. The first-order valence-corrected chi connectivity index (χ1v) is 15.3. The smallest absolute Gasteiger partial charge is 0.264 e. The maximum Gasteiger partial charge on any atom is 0.264 e. The summed E-state index contributed by atoms with van der Waals surface area (Å²) in [6, 6.07) is 16.6. The number of nitrogens with zero attached hydrogens (tertiary/aromatic N) is 2. The van der Waals surface area contributed by atoms with E-state index in [4.69, 9.17) is 34.8 Å². The standard InChI is InChI=1S/C29H32Cl3N3O4S/c1-5-26(29(37)33-19(2)3)34(17-21-12-14-24(31)25(32)15-21)28(36)18-35(27-16-22(30)13-11-20(27)4)40(38,39)23-9-7-6-8-10-23/h6-16,19,26H,5,17-18H2,1-4H3,(H,33,37). The molecule has 3 rings (SSSR count). The number of aryl methyl sites for hydroxylation is 1. The van der Waals surface area contributed by atoms with Crippen LogP contribution in [0.15, 0.2) is 71.6 Å². The molecule has 0 saturated carbocycles. The van der Waals surface area contributed by atoms with Crippen molar-refractivity contribution in [2.45, 2.75) is 57.6 Å². The SMILES string of the molecule is CCC(C(=O)NC(C)C)N(Cc1ccc(Cl)c(Cl)c1)C(=O)CN(c1cc(Cl)ccc1C)S(=O)(=O)c1ccccc1. The number of carbonyl (C=O) groups excluding carboxylic acids is 2. The zero-order valence-corrected chi connectivity index (χ0v) is 25.8. The number of carbonyl (C=O) groups is 2. The molecule has 0 aliphatic rings. The number of nitrogens with one attached hydrogen (secondary N) is 1. The van der Waals surface area contributed by atoms with Crippen LogP contribution < -0.4 is 9.62 Å². The van der Waals surface area contributed by atoms with E-state index in [9.17, 15) is 18.0 Å². The number of hydrogen-bond acceptors (Lipinski definition) is 4. The lowest BCUT2D eigenvalue weighted by atomic mass is 10.1. The monoisotopic (exact) mass is 623 g/mol. The Hall–Kier alpha value is -2.78. The van der Waals surface area contributed by atoms with Crippen LogP contribution in [-0.4, -0.2) is 43.8 Å². The number of anilines is 1. The zero-order chi connectivity index (χ0) is 29.6. The van der Waals surface area contributed by atoms with Gasteiger partial charge in [0.15, 0.2) is 0 Å². The van der Waals surface area contributed by atoms with E-state index >= 15 is 0 Å². The van der Waals surface area contributed by atoms with Crippen LogP contribution in [0.5, 0.6) is 0 Å². The van der Waals surface area contributed by atoms with E-state index in [1.54, 1.807) is 62.4 Å². The van der Waals surface area contributed by atoms with Crippen LogP contribution in [0, 0.1) is 6.92 Å². The molecule has 1 unspecified atom stereocenters. The molecule has 40 heavy (non-hydrogen) atoms. The second kappa shape index (κ2) is 13.7. The highest BCUT2D eigenvalue weighted by Gasteiger charge is 2.34. The van der Waals surface area contributed by atoms with Gasteiger partial charge in [-0.05, 0) is 74.7 Å². The van der Waals surface area contributed by atoms with Crippen LogP contribution in [0.4, 0.5) is 5.69 Å². The summed E-state index contributed by atoms with van der Waals surface area (Å²) >= 11 is 18.6. The Balaban J connectivity index is 2.11. The van der Waals surface area contributed by atoms with Crippen molar-refractivity contribution in [1.29, 1.82) is 0 Å². The summed E-state index contributed by atoms with van der Waals surface area (Å²) in [4.78, 5) is 28.7. The lowest BCUT2D eigenvalue weighted by molar-refractivity contribution is -0.140. The first kappa shape index (κ1) is 31.7. The molecule has 0 aliphatic carbocycles. The van der Waals surface area contributed by atoms with Crippen molar-refractivity contribution in [3.8, 4) is 0 Å². The summed E-state index contributed by atoms with van der Waals surface area (Å²) in [5.41, 5.74) is 1.51. The summed E-state index contributed by atoms with van der Waals surface area (Å²) in [6.45, 7) is 6.62. The van der Waals surface area contributed by atoms with E-state index in [2.05, 4.69) is 5.32 Å². The molecule has 1 atom stereocenters. The van der Waals surface area contributed by atoms with Gasteiger partial charge in [0.2, 0.25) is 11.8 Å². The van der Waals surface area contributed by atoms with Gasteiger partial charge in [0.25, 0.3) is 10.0 Å². The number of halogens is 3. The van der Waals surface area contributed by atoms with Gasteiger partial charge in [-0.3, -0.25) is 13.9 Å². The minimum absolute atomic E-state index is 0.00744. The Kier molecular flexibility index (Phi) is 10.9. The molecule has 1 N–H and O–H groups in total. The predicted molar refractivity (Wildman–Crippen MR) is 162 cm³/mol. The molecule has 0 aromatic heterocycles. The molecule has 2 amide bonds. The Morgan fingerprint density at radius 2 is 1.60 bits per heavy atom. The van der Waals surface area contributed by atoms with Crippen molar-refractivity contribution in [3.63, 3.8) is 0 Å². The summed E-state index contributed by atoms with van der Waals surface area (Å²) in [6.07, 6.45) is 0.299. The molecule has 0 radical (unpaired) electrons. The third kappa shape index (κ3) is 7.69. The normalized spacial score (nSPS) is 12.2. The van der Waals surface area contributed by atoms with Crippen molar-refractivity contribution >= 4 is 62.3 Å². The number of benzene rings is 3. The van der Waals surface area contributed by atoms with Gasteiger partial charge in [0.05, 0.1) is 20.6 Å². The molecule has 3 aromatic rings. The molecule has 0 spiro atoms. The van der Waals surface area contributed by atoms with Gasteiger partial charge in [-0.1, -0.05) is 72.1 Å². The van der Waals surface area contributed by atoms with Gasteiger partial charge in [-0.15, -0.1) is 0 Å². The largest absolute Gasteiger partial charge is 0.352 e. The summed E-state index contributed by atoms with van der Waals surface area (Å²) in [5, 5.41) is 3.83. The van der Waals surface area contributed by atoms with Crippen LogP contribution >= 0.6 is 34.8 Å². The molecule has 11 heteroatoms. The Labute approximate surface area is 251 Å². The highest BCUT2D eigenvalue weighted by atomic mass is 35.5. The molecule has 7 nitrogen and oxygen atoms in total. The van der Waals surface area contributed by atoms with Gasteiger partial charge in [0.1, 0.15) is 12.6 Å². The molecule has 0 bridgehead atoms. The van der Waals surface area contributed by atoms with Gasteiger partial charge in [0, 0.05) is 17.6 Å². The second-order valence-electron chi connectivity index (χ2n) is 9.61. The quantitative estimate of drug-likeness (QED) is 0.265. The van der Waals surface area contributed by atoms with Gasteiger partial charge in [-0.2, -0.15) is 0 Å². The fourth-order valence-corrected chi connectivity index (χ4v) is 6.20. The Morgan fingerprint density at radius 3 is 2.20 bits per heavy atom. The maximum absolute atomic E-state index is 14.1. The molecule has 214 valence electrons. The van der Waals surface area contributed by atoms with Crippen molar-refractivity contribution in [2.75, 3.05) is 10.8 Å². The fraction of sp³-hybridized carbons (Fsp3) is 0.310. The molecule has 0 aliphatic heterocycles. The summed E-state index contributed by atoms with van der Waals surface area (Å²) in [5.74, 6) is -0.918. The minimum Gasteiger partial charge on any atom is -0.352 e. The lowest BCUT2D eigenvalue weighted by Gasteiger charge is -2.34. The Morgan fingerprint density at radius 1 is 0.925 bits per heavy atom. The average molecular weight is 625 g/mol. The minimum atomic E-state index is -4.19. The molecule has 3 aromatic carbocycles. The first-order valence-electron chi connectivity index (χ1n) is 12.7. The van der Waals surface area contributed by atoms with Crippen LogP contribution in [-0.2, 0) is 26.2 Å². The fourth-order valence-electron chi connectivity index (χ4n) is 4.22. The predicted octanol–water partition coefficient (Wildman–Crippen LogP) is 6.48. The highest BCUT2D eigenvalue weighted by molar-refractivity contribution is 7.92. The number of sulfonamides is 1. The first-order chi connectivity index (χ1) is 18.8. The van der Waals surface area contributed by atoms with Crippen molar-refractivity contribution in [1.82, 2.24) is 10.2 Å². The topological polar surface area (TPSA) is 86.8 Å². The summed E-state index contributed by atoms with van der Waals surface area (Å²) < 4.78 is 28.9. The molecular formula is C29H32Cl3N3O4S. The van der Waals surface area contributed by atoms with Gasteiger partial charge < -0.3 is 10.2 Å². The van der Waals surface area contributed by atoms with Crippen molar-refractivity contribution < 1.29 is 18.0 Å². The Bertz CT molecular complexity index is 1470. The molecule has 0 fully saturated rings. The van der Waals surface area contributed by atoms with Crippen LogP contribution in [0.2, 0.25) is 15.1 Å². The maximum atomic E-state index is 14.1. The van der Waals surface area contributed by atoms with E-state index in [1.807, 2.05) is 13.8 Å². The van der Waals surface area contributed by atoms with Crippen LogP contribution in [0.3, 0.4) is 0 Å². The van der Waals surface area contributed by atoms with Crippen molar-refractivity contribution in [3.05, 3.63) is 92.9 Å². The number of rotatable bonds is 11. The van der Waals surface area contributed by atoms with Crippen LogP contribution in [0.1, 0.15) is 38.3 Å². The summed E-state index contributed by atoms with van der Waals surface area (Å²) in [7, 11) is -4.19. The molecular weight excluding hydrogens is 593 g/mol. The van der Waals surface area contributed by atoms with E-state index in [1.165, 1.54) is 23.1 Å². The van der Waals surface area contributed by atoms with E-state index < -0.39 is 28.5 Å². The van der Waals surface area contributed by atoms with E-state index in [0.717, 1.165) is 4.31 Å². The highest BCUT2D eigenvalue weighted by Crippen LogP contribution is 2.30. The van der Waals surface area contributed by atoms with Gasteiger partial charge in [-0.25, -0.2) is 8.42 Å². The van der Waals surface area contributed by atoms with E-state index in [-0.39, 0.29) is 29.1 Å². The third-order valence-corrected chi connectivity index (χ3v) is 8.95. The third-order valence-electron chi connectivity index (χ3n) is 6.20. The van der Waals surface area contributed by atoms with E-state index in [0.29, 0.717) is 32.6 Å². The molecule has 0 saturated heterocycles. The number of amides is 2. The van der Waals surface area contributed by atoms with Crippen LogP contribution in [0.25, 0.3) is 0 Å². The van der Waals surface area contributed by atoms with Gasteiger partial charge >= 0.3 is 0 Å². The lowest BCUT2D eigenvalue weighted by Crippen LogP contribution is -2.53. The zero-order valence-electron chi connectivity index (χ0n) is 22.7. The average Bonchev–Trinajstić information content (AvgIpc) is 2.90. The second-order valence-corrected chi connectivity index (χ2v) is 12.7.